The highest BCUT2D eigenvalue weighted by Gasteiger charge is 2.22. The fourth-order valence-corrected chi connectivity index (χ4v) is 2.44. The van der Waals surface area contributed by atoms with Gasteiger partial charge >= 0.3 is 0 Å². The van der Waals surface area contributed by atoms with Crippen molar-refractivity contribution in [2.24, 2.45) is 11.7 Å². The predicted octanol–water partition coefficient (Wildman–Crippen LogP) is 1.65. The van der Waals surface area contributed by atoms with E-state index < -0.39 is 0 Å². The van der Waals surface area contributed by atoms with E-state index in [1.807, 2.05) is 0 Å². The quantitative estimate of drug-likeness (QED) is 0.696. The zero-order valence-electron chi connectivity index (χ0n) is 8.47. The normalized spacial score (nSPS) is 35.8. The topological polar surface area (TPSA) is 38.0 Å². The summed E-state index contributed by atoms with van der Waals surface area (Å²) in [5, 5.41) is 3.67. The van der Waals surface area contributed by atoms with Crippen LogP contribution in [0, 0.1) is 5.92 Å². The van der Waals surface area contributed by atoms with Crippen molar-refractivity contribution in [2.75, 3.05) is 6.54 Å². The third-order valence-corrected chi connectivity index (χ3v) is 3.63. The van der Waals surface area contributed by atoms with Gasteiger partial charge in [0.25, 0.3) is 0 Å². The van der Waals surface area contributed by atoms with Gasteiger partial charge in [0.15, 0.2) is 0 Å². The number of nitrogens with one attached hydrogen (secondary N) is 1. The Hall–Kier alpha value is -0.0800. The highest BCUT2D eigenvalue weighted by Crippen LogP contribution is 2.26. The average molecular weight is 182 g/mol. The standard InChI is InChI=1S/C11H22N2/c12-10-5-2-6-11(7-10)13-8-9-3-1-4-9/h9-11,13H,1-8,12H2. The molecule has 2 aliphatic carbocycles. The van der Waals surface area contributed by atoms with Gasteiger partial charge in [-0.3, -0.25) is 0 Å². The third kappa shape index (κ3) is 2.68. The van der Waals surface area contributed by atoms with Gasteiger partial charge in [0, 0.05) is 12.1 Å². The maximum Gasteiger partial charge on any atom is 0.00819 e. The Morgan fingerprint density at radius 1 is 1.08 bits per heavy atom. The molecule has 0 radical (unpaired) electrons. The van der Waals surface area contributed by atoms with E-state index in [0.717, 1.165) is 12.0 Å². The molecule has 0 aromatic carbocycles. The fraction of sp³-hybridized carbons (Fsp3) is 1.00. The molecule has 0 saturated heterocycles. The number of hydrogen-bond acceptors (Lipinski definition) is 2. The smallest absolute Gasteiger partial charge is 0.00819 e. The van der Waals surface area contributed by atoms with E-state index in [4.69, 9.17) is 5.73 Å². The Morgan fingerprint density at radius 3 is 2.46 bits per heavy atom. The molecule has 13 heavy (non-hydrogen) atoms. The summed E-state index contributed by atoms with van der Waals surface area (Å²) < 4.78 is 0. The maximum absolute atomic E-state index is 5.94. The van der Waals surface area contributed by atoms with Gasteiger partial charge in [-0.05, 0) is 44.6 Å². The zero-order chi connectivity index (χ0) is 9.10. The summed E-state index contributed by atoms with van der Waals surface area (Å²) in [6, 6.07) is 1.19. The van der Waals surface area contributed by atoms with Crippen LogP contribution in [0.15, 0.2) is 0 Å². The summed E-state index contributed by atoms with van der Waals surface area (Å²) in [4.78, 5) is 0. The van der Waals surface area contributed by atoms with E-state index in [0.29, 0.717) is 6.04 Å². The third-order valence-electron chi connectivity index (χ3n) is 3.63. The molecule has 0 aliphatic heterocycles. The Balaban J connectivity index is 1.62. The van der Waals surface area contributed by atoms with E-state index in [2.05, 4.69) is 5.32 Å². The van der Waals surface area contributed by atoms with Crippen molar-refractivity contribution < 1.29 is 0 Å². The second-order valence-electron chi connectivity index (χ2n) is 4.83. The van der Waals surface area contributed by atoms with Gasteiger partial charge in [0.2, 0.25) is 0 Å². The lowest BCUT2D eigenvalue weighted by Gasteiger charge is -2.31. The van der Waals surface area contributed by atoms with Crippen LogP contribution in [0.2, 0.25) is 0 Å². The molecule has 0 amide bonds. The molecule has 2 aliphatic rings. The van der Waals surface area contributed by atoms with Crippen molar-refractivity contribution in [1.29, 1.82) is 0 Å². The predicted molar refractivity (Wildman–Crippen MR) is 55.6 cm³/mol. The SMILES string of the molecule is NC1CCCC(NCC2CCC2)C1. The van der Waals surface area contributed by atoms with Crippen molar-refractivity contribution in [3.8, 4) is 0 Å². The van der Waals surface area contributed by atoms with E-state index >= 15 is 0 Å². The minimum absolute atomic E-state index is 0.465. The second-order valence-corrected chi connectivity index (χ2v) is 4.83. The van der Waals surface area contributed by atoms with Gasteiger partial charge < -0.3 is 11.1 Å². The summed E-state index contributed by atoms with van der Waals surface area (Å²) in [6.45, 7) is 1.25. The molecular formula is C11H22N2. The summed E-state index contributed by atoms with van der Waals surface area (Å²) in [5.74, 6) is 0.984. The molecule has 2 saturated carbocycles. The largest absolute Gasteiger partial charge is 0.328 e. The van der Waals surface area contributed by atoms with Gasteiger partial charge in [0.1, 0.15) is 0 Å². The van der Waals surface area contributed by atoms with Crippen molar-refractivity contribution in [3.05, 3.63) is 0 Å². The van der Waals surface area contributed by atoms with Crippen molar-refractivity contribution in [1.82, 2.24) is 5.32 Å². The van der Waals surface area contributed by atoms with E-state index in [1.165, 1.54) is 51.5 Å². The van der Waals surface area contributed by atoms with Crippen LogP contribution in [0.4, 0.5) is 0 Å². The molecular weight excluding hydrogens is 160 g/mol. The first-order chi connectivity index (χ1) is 6.34. The first-order valence-corrected chi connectivity index (χ1v) is 5.83. The zero-order valence-corrected chi connectivity index (χ0v) is 8.47. The van der Waals surface area contributed by atoms with Crippen LogP contribution >= 0.6 is 0 Å². The Bertz CT molecular complexity index is 154. The second kappa shape index (κ2) is 4.43. The van der Waals surface area contributed by atoms with Crippen LogP contribution in [-0.4, -0.2) is 18.6 Å². The van der Waals surface area contributed by atoms with Crippen LogP contribution in [-0.2, 0) is 0 Å². The highest BCUT2D eigenvalue weighted by molar-refractivity contribution is 4.81. The molecule has 0 aromatic rings. The van der Waals surface area contributed by atoms with Crippen LogP contribution < -0.4 is 11.1 Å². The van der Waals surface area contributed by atoms with Gasteiger partial charge in [-0.15, -0.1) is 0 Å². The molecule has 0 bridgehead atoms. The van der Waals surface area contributed by atoms with Crippen LogP contribution in [0.3, 0.4) is 0 Å². The molecule has 3 N–H and O–H groups in total. The molecule has 2 nitrogen and oxygen atoms in total. The Labute approximate surface area is 81.3 Å². The molecule has 2 rings (SSSR count). The minimum Gasteiger partial charge on any atom is -0.328 e. The van der Waals surface area contributed by atoms with Crippen LogP contribution in [0.25, 0.3) is 0 Å². The molecule has 0 heterocycles. The summed E-state index contributed by atoms with van der Waals surface area (Å²) >= 11 is 0. The lowest BCUT2D eigenvalue weighted by molar-refractivity contribution is 0.263. The van der Waals surface area contributed by atoms with Gasteiger partial charge in [-0.2, -0.15) is 0 Å². The van der Waals surface area contributed by atoms with Crippen molar-refractivity contribution in [3.63, 3.8) is 0 Å². The number of nitrogens with two attached hydrogens (primary N) is 1. The van der Waals surface area contributed by atoms with E-state index in [1.54, 1.807) is 0 Å². The van der Waals surface area contributed by atoms with Gasteiger partial charge in [-0.1, -0.05) is 12.8 Å². The summed E-state index contributed by atoms with van der Waals surface area (Å²) in [5.41, 5.74) is 5.94. The molecule has 2 atom stereocenters. The van der Waals surface area contributed by atoms with Crippen molar-refractivity contribution >= 4 is 0 Å². The van der Waals surface area contributed by atoms with E-state index in [9.17, 15) is 0 Å². The van der Waals surface area contributed by atoms with Gasteiger partial charge in [0.05, 0.1) is 0 Å². The number of rotatable bonds is 3. The summed E-state index contributed by atoms with van der Waals surface area (Å²) in [7, 11) is 0. The van der Waals surface area contributed by atoms with Crippen LogP contribution in [0.5, 0.6) is 0 Å². The molecule has 2 heteroatoms. The fourth-order valence-electron chi connectivity index (χ4n) is 2.44. The highest BCUT2D eigenvalue weighted by atomic mass is 14.9. The molecule has 0 aromatic heterocycles. The first-order valence-electron chi connectivity index (χ1n) is 5.83. The lowest BCUT2D eigenvalue weighted by Crippen LogP contribution is -2.42. The van der Waals surface area contributed by atoms with Crippen LogP contribution in [0.1, 0.15) is 44.9 Å². The van der Waals surface area contributed by atoms with E-state index in [-0.39, 0.29) is 0 Å². The summed E-state index contributed by atoms with van der Waals surface area (Å²) in [6.07, 6.45) is 9.46. The lowest BCUT2D eigenvalue weighted by atomic mass is 9.84. The minimum atomic E-state index is 0.465. The average Bonchev–Trinajstić information content (AvgIpc) is 2.01. The maximum atomic E-state index is 5.94. The molecule has 0 spiro atoms. The molecule has 2 unspecified atom stereocenters. The van der Waals surface area contributed by atoms with Gasteiger partial charge in [-0.25, -0.2) is 0 Å². The first kappa shape index (κ1) is 9.47. The molecule has 2 fully saturated rings. The van der Waals surface area contributed by atoms with Crippen molar-refractivity contribution in [2.45, 2.75) is 57.0 Å². The Morgan fingerprint density at radius 2 is 1.85 bits per heavy atom. The monoisotopic (exact) mass is 182 g/mol. The Kier molecular flexibility index (Phi) is 3.23. The number of hydrogen-bond donors (Lipinski definition) is 2. The molecule has 76 valence electrons.